The van der Waals surface area contributed by atoms with Crippen LogP contribution in [0.5, 0.6) is 0 Å². The molecule has 0 aromatic heterocycles. The summed E-state index contributed by atoms with van der Waals surface area (Å²) in [5.74, 6) is 0.0201. The van der Waals surface area contributed by atoms with Crippen LogP contribution >= 0.6 is 15.9 Å². The fourth-order valence-electron chi connectivity index (χ4n) is 5.83. The van der Waals surface area contributed by atoms with Gasteiger partial charge in [0, 0.05) is 23.1 Å². The number of ketones is 1. The van der Waals surface area contributed by atoms with Crippen molar-refractivity contribution in [2.45, 2.75) is 63.4 Å². The lowest BCUT2D eigenvalue weighted by Gasteiger charge is -2.72. The zero-order valence-electron chi connectivity index (χ0n) is 13.2. The fourth-order valence-corrected chi connectivity index (χ4v) is 7.00. The average molecular weight is 387 g/mol. The van der Waals surface area contributed by atoms with E-state index in [1.807, 2.05) is 0 Å². The lowest BCUT2D eigenvalue weighted by Crippen LogP contribution is -2.84. The van der Waals surface area contributed by atoms with Crippen molar-refractivity contribution in [1.82, 2.24) is 4.90 Å². The minimum absolute atomic E-state index is 0.0927. The van der Waals surface area contributed by atoms with E-state index in [9.17, 15) is 14.7 Å². The summed E-state index contributed by atoms with van der Waals surface area (Å²) in [4.78, 5) is 25.2. The van der Waals surface area contributed by atoms with Gasteiger partial charge in [0.1, 0.15) is 18.0 Å². The van der Waals surface area contributed by atoms with E-state index in [1.54, 1.807) is 6.92 Å². The summed E-state index contributed by atoms with van der Waals surface area (Å²) in [5, 5.41) is 13.5. The Labute approximate surface area is 143 Å². The third-order valence-corrected chi connectivity index (χ3v) is 7.62. The van der Waals surface area contributed by atoms with Gasteiger partial charge >= 0.3 is 0 Å². The zero-order valence-corrected chi connectivity index (χ0v) is 14.8. The van der Waals surface area contributed by atoms with Crippen LogP contribution < -0.4 is 0 Å². The number of hydrogen-bond acceptors (Lipinski definition) is 4. The zero-order chi connectivity index (χ0) is 16.6. The van der Waals surface area contributed by atoms with Gasteiger partial charge in [-0.2, -0.15) is 0 Å². The second kappa shape index (κ2) is 5.00. The summed E-state index contributed by atoms with van der Waals surface area (Å²) in [6.07, 6.45) is 0.405. The molecule has 0 aromatic rings. The second-order valence-electron chi connectivity index (χ2n) is 7.54. The molecule has 3 heterocycles. The monoisotopic (exact) mass is 386 g/mol. The number of amides is 1. The Morgan fingerprint density at radius 2 is 2.22 bits per heavy atom. The maximum atomic E-state index is 13.0. The first-order valence-electron chi connectivity index (χ1n) is 8.20. The van der Waals surface area contributed by atoms with Crippen molar-refractivity contribution in [2.75, 3.05) is 5.33 Å². The van der Waals surface area contributed by atoms with Crippen LogP contribution in [0.2, 0.25) is 0 Å². The molecule has 5 aliphatic rings. The first-order valence-corrected chi connectivity index (χ1v) is 9.32. The molecule has 0 aromatic carbocycles. The van der Waals surface area contributed by atoms with E-state index >= 15 is 0 Å². The molecule has 2 aliphatic carbocycles. The van der Waals surface area contributed by atoms with E-state index in [1.165, 1.54) is 4.90 Å². The molecule has 8 unspecified atom stereocenters. The predicted molar refractivity (Wildman–Crippen MR) is 82.1 cm³/mol. The Kier molecular flexibility index (Phi) is 3.48. The van der Waals surface area contributed by atoms with Crippen molar-refractivity contribution < 1.29 is 24.2 Å². The molecule has 1 spiro atoms. The molecule has 23 heavy (non-hydrogen) atoms. The number of ether oxygens (including phenoxy) is 2. The highest BCUT2D eigenvalue weighted by Gasteiger charge is 2.76. The summed E-state index contributed by atoms with van der Waals surface area (Å²) in [6.45, 7) is 3.68. The van der Waals surface area contributed by atoms with E-state index < -0.39 is 35.7 Å². The smallest absolute Gasteiger partial charge is 0.243 e. The summed E-state index contributed by atoms with van der Waals surface area (Å²) in [5.41, 5.74) is -1.21. The van der Waals surface area contributed by atoms with Crippen molar-refractivity contribution in [2.24, 2.45) is 17.3 Å². The summed E-state index contributed by atoms with van der Waals surface area (Å²) in [6, 6.07) is -0.404. The molecule has 6 nitrogen and oxygen atoms in total. The van der Waals surface area contributed by atoms with Gasteiger partial charge in [-0.3, -0.25) is 14.5 Å². The molecule has 5 fully saturated rings. The predicted octanol–water partition coefficient (Wildman–Crippen LogP) is 1.48. The molecular weight excluding hydrogens is 366 g/mol. The highest BCUT2D eigenvalue weighted by molar-refractivity contribution is 9.09. The Hall–Kier alpha value is -0.500. The van der Waals surface area contributed by atoms with Crippen molar-refractivity contribution in [1.29, 1.82) is 0 Å². The van der Waals surface area contributed by atoms with Gasteiger partial charge in [-0.25, -0.2) is 5.11 Å². The normalized spacial score (nSPS) is 54.0. The molecular formula is C16H21BrNO5. The van der Waals surface area contributed by atoms with Crippen LogP contribution in [0.1, 0.15) is 33.1 Å². The summed E-state index contributed by atoms with van der Waals surface area (Å²) >= 11 is 3.59. The van der Waals surface area contributed by atoms with Crippen LogP contribution in [0, 0.1) is 17.3 Å². The van der Waals surface area contributed by atoms with E-state index in [0.29, 0.717) is 18.2 Å². The van der Waals surface area contributed by atoms with E-state index in [-0.39, 0.29) is 17.6 Å². The number of halogens is 1. The highest BCUT2D eigenvalue weighted by atomic mass is 79.9. The molecule has 8 atom stereocenters. The number of alkyl halides is 1. The van der Waals surface area contributed by atoms with E-state index in [4.69, 9.17) is 9.47 Å². The standard InChI is InChI=1S/C16H21BrNO5/c1-8-3-4-15-5-10-12(21)13(22-14(23-15)18(10)7-19)16(15,6-17)11(8)9(2)20/h7-8,10-14H,3-6H2,1-2H3. The number of Topliss-reactive ketones (excluding diaryl/α,β-unsaturated/α-hetero) is 1. The van der Waals surface area contributed by atoms with Gasteiger partial charge in [0.15, 0.2) is 0 Å². The van der Waals surface area contributed by atoms with Crippen molar-refractivity contribution in [3.8, 4) is 0 Å². The molecule has 5 rings (SSSR count). The third-order valence-electron chi connectivity index (χ3n) is 6.70. The first-order chi connectivity index (χ1) is 10.9. The molecule has 0 N–H and O–H groups in total. The summed E-state index contributed by atoms with van der Waals surface area (Å²) < 4.78 is 12.1. The van der Waals surface area contributed by atoms with Crippen LogP contribution in [-0.2, 0) is 24.2 Å². The molecule has 3 saturated heterocycles. The van der Waals surface area contributed by atoms with Gasteiger partial charge in [0.25, 0.3) is 0 Å². The van der Waals surface area contributed by atoms with Crippen LogP contribution in [0.25, 0.3) is 0 Å². The van der Waals surface area contributed by atoms with Gasteiger partial charge in [-0.15, -0.1) is 0 Å². The quantitative estimate of drug-likeness (QED) is 0.543. The van der Waals surface area contributed by atoms with Gasteiger partial charge in [0.05, 0.1) is 11.6 Å². The maximum Gasteiger partial charge on any atom is 0.243 e. The lowest BCUT2D eigenvalue weighted by atomic mass is 9.46. The molecule has 7 heteroatoms. The summed E-state index contributed by atoms with van der Waals surface area (Å²) in [7, 11) is 0. The number of rotatable bonds is 3. The molecule has 127 valence electrons. The van der Waals surface area contributed by atoms with Crippen LogP contribution in [0.15, 0.2) is 0 Å². The highest BCUT2D eigenvalue weighted by Crippen LogP contribution is 2.66. The minimum atomic E-state index is -1.04. The van der Waals surface area contributed by atoms with Crippen LogP contribution in [0.4, 0.5) is 0 Å². The largest absolute Gasteiger partial charge is 0.328 e. The number of carbonyl (C=O) groups excluding carboxylic acids is 2. The van der Waals surface area contributed by atoms with Gasteiger partial charge in [-0.05, 0) is 25.7 Å². The molecule has 4 bridgehead atoms. The number of carbonyl (C=O) groups is 2. The van der Waals surface area contributed by atoms with E-state index in [2.05, 4.69) is 22.9 Å². The molecule has 1 amide bonds. The average Bonchev–Trinajstić information content (AvgIpc) is 2.52. The van der Waals surface area contributed by atoms with Crippen LogP contribution in [0.3, 0.4) is 0 Å². The van der Waals surface area contributed by atoms with Crippen molar-refractivity contribution in [3.63, 3.8) is 0 Å². The number of nitrogens with zero attached hydrogens (tertiary/aromatic N) is 1. The minimum Gasteiger partial charge on any atom is -0.328 e. The molecule has 2 saturated carbocycles. The van der Waals surface area contributed by atoms with Gasteiger partial charge in [0.2, 0.25) is 12.8 Å². The Bertz CT molecular complexity index is 559. The maximum absolute atomic E-state index is 13.0. The van der Waals surface area contributed by atoms with Gasteiger partial charge in [-0.1, -0.05) is 22.9 Å². The first kappa shape index (κ1) is 16.0. The lowest BCUT2D eigenvalue weighted by molar-refractivity contribution is -0.462. The molecule has 1 radical (unpaired) electrons. The van der Waals surface area contributed by atoms with Crippen molar-refractivity contribution >= 4 is 28.1 Å². The van der Waals surface area contributed by atoms with Gasteiger partial charge < -0.3 is 9.47 Å². The van der Waals surface area contributed by atoms with E-state index in [0.717, 1.165) is 12.8 Å². The Morgan fingerprint density at radius 3 is 2.83 bits per heavy atom. The van der Waals surface area contributed by atoms with Crippen molar-refractivity contribution in [3.05, 3.63) is 0 Å². The Balaban J connectivity index is 1.87. The SMILES string of the molecule is CC(=O)C1C(C)CCC23CC4C([O])C(OC(O2)N4C=O)C13CBr. The Morgan fingerprint density at radius 1 is 1.48 bits per heavy atom. The topological polar surface area (TPSA) is 75.7 Å². The van der Waals surface area contributed by atoms with Crippen LogP contribution in [-0.4, -0.2) is 52.7 Å². The fraction of sp³-hybridized carbons (Fsp3) is 0.875. The third kappa shape index (κ3) is 1.69. The number of hydrogen-bond donors (Lipinski definition) is 0. The second-order valence-corrected chi connectivity index (χ2v) is 8.10. The molecule has 3 aliphatic heterocycles.